The molecule has 1 aromatic rings. The second kappa shape index (κ2) is 6.98. The molecule has 2 aliphatic heterocycles. The van der Waals surface area contributed by atoms with Gasteiger partial charge in [0.25, 0.3) is 0 Å². The third-order valence-corrected chi connectivity index (χ3v) is 8.77. The van der Waals surface area contributed by atoms with E-state index in [0.717, 1.165) is 24.0 Å². The quantitative estimate of drug-likeness (QED) is 0.768. The van der Waals surface area contributed by atoms with Crippen molar-refractivity contribution in [3.63, 3.8) is 0 Å². The lowest BCUT2D eigenvalue weighted by Gasteiger charge is -2.29. The number of rotatable bonds is 5. The predicted molar refractivity (Wildman–Crippen MR) is 95.8 cm³/mol. The van der Waals surface area contributed by atoms with Gasteiger partial charge in [-0.25, -0.2) is 16.8 Å². The summed E-state index contributed by atoms with van der Waals surface area (Å²) in [5.74, 6) is -0.0636. The number of aryl methyl sites for hydroxylation is 2. The molecule has 8 heteroatoms. The highest BCUT2D eigenvalue weighted by molar-refractivity contribution is 7.92. The standard InChI is InChI=1S/C17H25NO5S2/c1-13-5-6-17(10-14(13)2)25(21,22)18(11-16-4-3-8-23-16)15-7-9-24(19,20)12-15/h5-6,10,15-16H,3-4,7-9,11-12H2,1-2H3/t15-,16+/m0/s1. The van der Waals surface area contributed by atoms with Gasteiger partial charge >= 0.3 is 0 Å². The zero-order valence-electron chi connectivity index (χ0n) is 14.6. The third kappa shape index (κ3) is 4.07. The Balaban J connectivity index is 1.95. The number of benzene rings is 1. The molecule has 2 fully saturated rings. The average Bonchev–Trinajstić information content (AvgIpc) is 3.16. The summed E-state index contributed by atoms with van der Waals surface area (Å²) in [5.41, 5.74) is 1.92. The molecule has 0 amide bonds. The van der Waals surface area contributed by atoms with Crippen molar-refractivity contribution in [2.24, 2.45) is 0 Å². The molecule has 2 aliphatic rings. The van der Waals surface area contributed by atoms with Gasteiger partial charge in [0.2, 0.25) is 10.0 Å². The number of sulfonamides is 1. The summed E-state index contributed by atoms with van der Waals surface area (Å²) >= 11 is 0. The SMILES string of the molecule is Cc1ccc(S(=O)(=O)N(C[C@H]2CCCO2)[C@H]2CCS(=O)(=O)C2)cc1C. The van der Waals surface area contributed by atoms with Gasteiger partial charge in [-0.05, 0) is 56.4 Å². The molecule has 0 aliphatic carbocycles. The number of sulfone groups is 1. The van der Waals surface area contributed by atoms with E-state index >= 15 is 0 Å². The Labute approximate surface area is 150 Å². The van der Waals surface area contributed by atoms with Crippen molar-refractivity contribution in [3.05, 3.63) is 29.3 Å². The van der Waals surface area contributed by atoms with Gasteiger partial charge in [0.15, 0.2) is 9.84 Å². The molecule has 3 rings (SSSR count). The Morgan fingerprint density at radius 3 is 2.52 bits per heavy atom. The molecule has 1 aromatic carbocycles. The fourth-order valence-corrected chi connectivity index (χ4v) is 7.04. The first-order valence-corrected chi connectivity index (χ1v) is 11.9. The van der Waals surface area contributed by atoms with Gasteiger partial charge in [-0.15, -0.1) is 0 Å². The Bertz CT molecular complexity index is 842. The zero-order chi connectivity index (χ0) is 18.2. The highest BCUT2D eigenvalue weighted by Gasteiger charge is 2.40. The Kier molecular flexibility index (Phi) is 5.26. The van der Waals surface area contributed by atoms with Crippen molar-refractivity contribution in [3.8, 4) is 0 Å². The van der Waals surface area contributed by atoms with E-state index in [4.69, 9.17) is 4.74 Å². The smallest absolute Gasteiger partial charge is 0.243 e. The van der Waals surface area contributed by atoms with Crippen LogP contribution in [0.1, 0.15) is 30.4 Å². The minimum atomic E-state index is -3.77. The summed E-state index contributed by atoms with van der Waals surface area (Å²) in [6.45, 7) is 4.65. The highest BCUT2D eigenvalue weighted by Crippen LogP contribution is 2.28. The van der Waals surface area contributed by atoms with Crippen molar-refractivity contribution < 1.29 is 21.6 Å². The van der Waals surface area contributed by atoms with E-state index in [0.29, 0.717) is 13.0 Å². The second-order valence-electron chi connectivity index (χ2n) is 7.01. The third-order valence-electron chi connectivity index (χ3n) is 5.11. The van der Waals surface area contributed by atoms with E-state index < -0.39 is 25.9 Å². The number of hydrogen-bond donors (Lipinski definition) is 0. The Morgan fingerprint density at radius 2 is 1.96 bits per heavy atom. The maximum absolute atomic E-state index is 13.3. The molecule has 0 saturated carbocycles. The van der Waals surface area contributed by atoms with Gasteiger partial charge in [0.05, 0.1) is 22.5 Å². The van der Waals surface area contributed by atoms with Gasteiger partial charge in [-0.1, -0.05) is 6.07 Å². The van der Waals surface area contributed by atoms with Crippen LogP contribution in [-0.2, 0) is 24.6 Å². The van der Waals surface area contributed by atoms with Crippen molar-refractivity contribution in [1.82, 2.24) is 4.31 Å². The van der Waals surface area contributed by atoms with Crippen LogP contribution in [0.25, 0.3) is 0 Å². The van der Waals surface area contributed by atoms with Crippen LogP contribution in [-0.4, -0.2) is 57.9 Å². The molecule has 140 valence electrons. The maximum atomic E-state index is 13.3. The maximum Gasteiger partial charge on any atom is 0.243 e. The van der Waals surface area contributed by atoms with Crippen molar-refractivity contribution in [2.45, 2.75) is 50.2 Å². The summed E-state index contributed by atoms with van der Waals surface area (Å²) in [6, 6.07) is 4.54. The summed E-state index contributed by atoms with van der Waals surface area (Å²) in [6.07, 6.45) is 1.90. The van der Waals surface area contributed by atoms with Crippen LogP contribution < -0.4 is 0 Å². The molecule has 6 nitrogen and oxygen atoms in total. The van der Waals surface area contributed by atoms with Crippen molar-refractivity contribution >= 4 is 19.9 Å². The summed E-state index contributed by atoms with van der Waals surface area (Å²) in [5, 5.41) is 0. The molecule has 25 heavy (non-hydrogen) atoms. The zero-order valence-corrected chi connectivity index (χ0v) is 16.3. The van der Waals surface area contributed by atoms with E-state index in [2.05, 4.69) is 0 Å². The van der Waals surface area contributed by atoms with Gasteiger partial charge in [0.1, 0.15) is 0 Å². The fraction of sp³-hybridized carbons (Fsp3) is 0.647. The molecule has 2 atom stereocenters. The van der Waals surface area contributed by atoms with Crippen LogP contribution in [0.3, 0.4) is 0 Å². The highest BCUT2D eigenvalue weighted by atomic mass is 32.2. The molecule has 0 aromatic heterocycles. The molecule has 0 radical (unpaired) electrons. The predicted octanol–water partition coefficient (Wildman–Crippen LogP) is 1.66. The largest absolute Gasteiger partial charge is 0.377 e. The topological polar surface area (TPSA) is 80.8 Å². The molecule has 0 unspecified atom stereocenters. The Morgan fingerprint density at radius 1 is 1.20 bits per heavy atom. The van der Waals surface area contributed by atoms with Crippen molar-refractivity contribution in [2.75, 3.05) is 24.7 Å². The summed E-state index contributed by atoms with van der Waals surface area (Å²) < 4.78 is 57.3. The normalized spacial score (nSPS) is 26.4. The molecular weight excluding hydrogens is 362 g/mol. The molecule has 0 bridgehead atoms. The monoisotopic (exact) mass is 387 g/mol. The fourth-order valence-electron chi connectivity index (χ4n) is 3.44. The van der Waals surface area contributed by atoms with E-state index in [1.165, 1.54) is 4.31 Å². The van der Waals surface area contributed by atoms with Crippen LogP contribution in [0.5, 0.6) is 0 Å². The number of nitrogens with zero attached hydrogens (tertiary/aromatic N) is 1. The Hall–Kier alpha value is -0.960. The van der Waals surface area contributed by atoms with E-state index in [-0.39, 0.29) is 29.0 Å². The molecule has 2 saturated heterocycles. The van der Waals surface area contributed by atoms with Crippen LogP contribution >= 0.6 is 0 Å². The first-order valence-electron chi connectivity index (χ1n) is 8.60. The van der Waals surface area contributed by atoms with Crippen LogP contribution in [0.4, 0.5) is 0 Å². The summed E-state index contributed by atoms with van der Waals surface area (Å²) in [4.78, 5) is 0.220. The molecule has 0 N–H and O–H groups in total. The van der Waals surface area contributed by atoms with E-state index in [1.807, 2.05) is 13.8 Å². The van der Waals surface area contributed by atoms with Gasteiger partial charge in [-0.3, -0.25) is 0 Å². The van der Waals surface area contributed by atoms with Crippen LogP contribution in [0.15, 0.2) is 23.1 Å². The van der Waals surface area contributed by atoms with E-state index in [1.54, 1.807) is 18.2 Å². The minimum Gasteiger partial charge on any atom is -0.377 e. The van der Waals surface area contributed by atoms with Gasteiger partial charge in [0, 0.05) is 19.2 Å². The van der Waals surface area contributed by atoms with E-state index in [9.17, 15) is 16.8 Å². The minimum absolute atomic E-state index is 0.0438. The van der Waals surface area contributed by atoms with Gasteiger partial charge < -0.3 is 4.74 Å². The van der Waals surface area contributed by atoms with Crippen LogP contribution in [0.2, 0.25) is 0 Å². The second-order valence-corrected chi connectivity index (χ2v) is 11.1. The molecular formula is C17H25NO5S2. The lowest BCUT2D eigenvalue weighted by atomic mass is 10.1. The summed E-state index contributed by atoms with van der Waals surface area (Å²) in [7, 11) is -6.95. The first-order chi connectivity index (χ1) is 11.7. The molecule has 0 spiro atoms. The lowest BCUT2D eigenvalue weighted by molar-refractivity contribution is 0.0877. The van der Waals surface area contributed by atoms with Crippen molar-refractivity contribution in [1.29, 1.82) is 0 Å². The molecule has 2 heterocycles. The number of ether oxygens (including phenoxy) is 1. The first kappa shape index (κ1) is 18.8. The number of hydrogen-bond acceptors (Lipinski definition) is 5. The lowest BCUT2D eigenvalue weighted by Crippen LogP contribution is -2.45. The van der Waals surface area contributed by atoms with Gasteiger partial charge in [-0.2, -0.15) is 4.31 Å². The average molecular weight is 388 g/mol. The van der Waals surface area contributed by atoms with Crippen LogP contribution in [0, 0.1) is 13.8 Å².